The van der Waals surface area contributed by atoms with E-state index in [9.17, 15) is 0 Å². The molecule has 92 valence electrons. The fraction of sp³-hybridized carbons (Fsp3) is 0.692. The average molecular weight is 225 g/mol. The second-order valence-corrected chi connectivity index (χ2v) is 4.49. The summed E-state index contributed by atoms with van der Waals surface area (Å²) < 4.78 is 11.0. The highest BCUT2D eigenvalue weighted by Crippen LogP contribution is 2.12. The van der Waals surface area contributed by atoms with Crippen molar-refractivity contribution in [2.75, 3.05) is 13.7 Å². The van der Waals surface area contributed by atoms with E-state index in [-0.39, 0.29) is 0 Å². The number of hydrogen-bond acceptors (Lipinski definition) is 3. The molecular formula is C13H23NO2. The molecule has 0 amide bonds. The highest BCUT2D eigenvalue weighted by molar-refractivity contribution is 5.15. The van der Waals surface area contributed by atoms with Crippen LogP contribution in [0.1, 0.15) is 38.0 Å². The molecular weight excluding hydrogens is 202 g/mol. The minimum absolute atomic E-state index is 0.585. The Kier molecular flexibility index (Phi) is 6.19. The van der Waals surface area contributed by atoms with Gasteiger partial charge in [-0.1, -0.05) is 13.8 Å². The topological polar surface area (TPSA) is 34.4 Å². The molecule has 1 rings (SSSR count). The molecule has 1 aromatic heterocycles. The van der Waals surface area contributed by atoms with Crippen molar-refractivity contribution in [3.05, 3.63) is 23.7 Å². The van der Waals surface area contributed by atoms with Crippen molar-refractivity contribution in [2.45, 2.75) is 39.8 Å². The van der Waals surface area contributed by atoms with E-state index in [1.165, 1.54) is 12.0 Å². The lowest BCUT2D eigenvalue weighted by Gasteiger charge is -2.06. The fourth-order valence-corrected chi connectivity index (χ4v) is 1.60. The zero-order valence-electron chi connectivity index (χ0n) is 10.6. The van der Waals surface area contributed by atoms with E-state index in [0.29, 0.717) is 6.61 Å². The zero-order chi connectivity index (χ0) is 11.8. The van der Waals surface area contributed by atoms with E-state index < -0.39 is 0 Å². The summed E-state index contributed by atoms with van der Waals surface area (Å²) in [5.41, 5.74) is 1.19. The van der Waals surface area contributed by atoms with Crippen LogP contribution in [-0.2, 0) is 17.9 Å². The van der Waals surface area contributed by atoms with E-state index in [0.717, 1.165) is 31.3 Å². The molecule has 1 heterocycles. The standard InChI is InChI=1S/C13H23NO2/c1-11(2)5-4-7-15-10-13-12(9-14-3)6-8-16-13/h6,8,11,14H,4-5,7,9-10H2,1-3H3. The molecule has 0 radical (unpaired) electrons. The summed E-state index contributed by atoms with van der Waals surface area (Å²) in [6, 6.07) is 1.99. The molecule has 0 unspecified atom stereocenters. The number of furan rings is 1. The van der Waals surface area contributed by atoms with Crippen LogP contribution >= 0.6 is 0 Å². The molecule has 0 saturated heterocycles. The molecule has 0 bridgehead atoms. The monoisotopic (exact) mass is 225 g/mol. The summed E-state index contributed by atoms with van der Waals surface area (Å²) in [6.45, 7) is 6.70. The minimum Gasteiger partial charge on any atom is -0.467 e. The third-order valence-corrected chi connectivity index (χ3v) is 2.51. The van der Waals surface area contributed by atoms with E-state index >= 15 is 0 Å². The smallest absolute Gasteiger partial charge is 0.133 e. The van der Waals surface area contributed by atoms with Crippen LogP contribution in [0.15, 0.2) is 16.7 Å². The summed E-state index contributed by atoms with van der Waals surface area (Å²) in [7, 11) is 1.93. The maximum absolute atomic E-state index is 5.59. The van der Waals surface area contributed by atoms with Gasteiger partial charge in [-0.2, -0.15) is 0 Å². The average Bonchev–Trinajstić information content (AvgIpc) is 2.65. The summed E-state index contributed by atoms with van der Waals surface area (Å²) in [5, 5.41) is 3.11. The third kappa shape index (κ3) is 4.81. The molecule has 0 aliphatic rings. The Balaban J connectivity index is 2.18. The minimum atomic E-state index is 0.585. The molecule has 1 aromatic rings. The third-order valence-electron chi connectivity index (χ3n) is 2.51. The van der Waals surface area contributed by atoms with Gasteiger partial charge in [0.05, 0.1) is 6.26 Å². The quantitative estimate of drug-likeness (QED) is 0.691. The molecule has 3 nitrogen and oxygen atoms in total. The first-order chi connectivity index (χ1) is 7.74. The van der Waals surface area contributed by atoms with Gasteiger partial charge in [0.25, 0.3) is 0 Å². The maximum Gasteiger partial charge on any atom is 0.133 e. The highest BCUT2D eigenvalue weighted by Gasteiger charge is 2.05. The summed E-state index contributed by atoms with van der Waals surface area (Å²) in [4.78, 5) is 0. The Morgan fingerprint density at radius 2 is 2.25 bits per heavy atom. The molecule has 1 N–H and O–H groups in total. The van der Waals surface area contributed by atoms with Gasteiger partial charge < -0.3 is 14.5 Å². The Morgan fingerprint density at radius 1 is 1.44 bits per heavy atom. The number of rotatable bonds is 8. The van der Waals surface area contributed by atoms with Crippen LogP contribution in [0.25, 0.3) is 0 Å². The van der Waals surface area contributed by atoms with Gasteiger partial charge in [-0.3, -0.25) is 0 Å². The van der Waals surface area contributed by atoms with Crippen molar-refractivity contribution >= 4 is 0 Å². The highest BCUT2D eigenvalue weighted by atomic mass is 16.5. The Bertz CT molecular complexity index is 281. The number of hydrogen-bond donors (Lipinski definition) is 1. The van der Waals surface area contributed by atoms with Gasteiger partial charge in [0.1, 0.15) is 12.4 Å². The van der Waals surface area contributed by atoms with Crippen molar-refractivity contribution in [3.63, 3.8) is 0 Å². The lowest BCUT2D eigenvalue weighted by atomic mass is 10.1. The largest absolute Gasteiger partial charge is 0.467 e. The second-order valence-electron chi connectivity index (χ2n) is 4.49. The zero-order valence-corrected chi connectivity index (χ0v) is 10.6. The van der Waals surface area contributed by atoms with Gasteiger partial charge >= 0.3 is 0 Å². The molecule has 16 heavy (non-hydrogen) atoms. The first-order valence-corrected chi connectivity index (χ1v) is 6.01. The van der Waals surface area contributed by atoms with E-state index in [2.05, 4.69) is 19.2 Å². The van der Waals surface area contributed by atoms with Crippen LogP contribution in [-0.4, -0.2) is 13.7 Å². The lowest BCUT2D eigenvalue weighted by Crippen LogP contribution is -2.07. The van der Waals surface area contributed by atoms with Crippen LogP contribution in [0.2, 0.25) is 0 Å². The van der Waals surface area contributed by atoms with Crippen molar-refractivity contribution in [3.8, 4) is 0 Å². The van der Waals surface area contributed by atoms with E-state index in [4.69, 9.17) is 9.15 Å². The molecule has 0 aromatic carbocycles. The summed E-state index contributed by atoms with van der Waals surface area (Å²) in [6.07, 6.45) is 4.07. The molecule has 0 aliphatic heterocycles. The van der Waals surface area contributed by atoms with Gasteiger partial charge in [-0.15, -0.1) is 0 Å². The SMILES string of the molecule is CNCc1ccoc1COCCCC(C)C. The van der Waals surface area contributed by atoms with Crippen molar-refractivity contribution in [2.24, 2.45) is 5.92 Å². The molecule has 0 atom stereocenters. The van der Waals surface area contributed by atoms with Crippen LogP contribution in [0.3, 0.4) is 0 Å². The van der Waals surface area contributed by atoms with Gasteiger partial charge in [0.2, 0.25) is 0 Å². The Morgan fingerprint density at radius 3 is 2.94 bits per heavy atom. The molecule has 0 aliphatic carbocycles. The second kappa shape index (κ2) is 7.47. The van der Waals surface area contributed by atoms with Gasteiger partial charge in [0, 0.05) is 18.7 Å². The molecule has 0 saturated carbocycles. The van der Waals surface area contributed by atoms with Crippen LogP contribution in [0, 0.1) is 5.92 Å². The molecule has 0 fully saturated rings. The lowest BCUT2D eigenvalue weighted by molar-refractivity contribution is 0.0999. The van der Waals surface area contributed by atoms with E-state index in [1.807, 2.05) is 13.1 Å². The number of nitrogens with one attached hydrogen (secondary N) is 1. The predicted octanol–water partition coefficient (Wildman–Crippen LogP) is 2.95. The Hall–Kier alpha value is -0.800. The maximum atomic E-state index is 5.59. The normalized spacial score (nSPS) is 11.2. The van der Waals surface area contributed by atoms with Gasteiger partial charge in [0.15, 0.2) is 0 Å². The van der Waals surface area contributed by atoms with Crippen LogP contribution in [0.4, 0.5) is 0 Å². The first-order valence-electron chi connectivity index (χ1n) is 6.01. The van der Waals surface area contributed by atoms with Crippen molar-refractivity contribution < 1.29 is 9.15 Å². The van der Waals surface area contributed by atoms with E-state index in [1.54, 1.807) is 6.26 Å². The summed E-state index contributed by atoms with van der Waals surface area (Å²) in [5.74, 6) is 1.70. The van der Waals surface area contributed by atoms with Gasteiger partial charge in [-0.25, -0.2) is 0 Å². The number of ether oxygens (including phenoxy) is 1. The first kappa shape index (κ1) is 13.3. The fourth-order valence-electron chi connectivity index (χ4n) is 1.60. The van der Waals surface area contributed by atoms with Crippen LogP contribution in [0.5, 0.6) is 0 Å². The Labute approximate surface area is 98.2 Å². The molecule has 0 spiro atoms. The van der Waals surface area contributed by atoms with Crippen molar-refractivity contribution in [1.82, 2.24) is 5.32 Å². The van der Waals surface area contributed by atoms with Crippen LogP contribution < -0.4 is 5.32 Å². The predicted molar refractivity (Wildman–Crippen MR) is 65.2 cm³/mol. The van der Waals surface area contributed by atoms with Gasteiger partial charge in [-0.05, 0) is 31.9 Å². The molecule has 3 heteroatoms. The van der Waals surface area contributed by atoms with Crippen molar-refractivity contribution in [1.29, 1.82) is 0 Å². The summed E-state index contributed by atoms with van der Waals surface area (Å²) >= 11 is 0.